The first-order valence-electron chi connectivity index (χ1n) is 19.6. The third kappa shape index (κ3) is 7.43. The number of nitrogens with zero attached hydrogens (tertiary/aromatic N) is 3. The smallest absolute Gasteiger partial charge is 0.0774 e. The van der Waals surface area contributed by atoms with E-state index in [1.54, 1.807) is 12.1 Å². The Balaban J connectivity index is 0.000000208. The summed E-state index contributed by atoms with van der Waals surface area (Å²) in [5, 5.41) is 1.02. The number of hydrogen-bond acceptors (Lipinski definition) is 3. The summed E-state index contributed by atoms with van der Waals surface area (Å²) in [7, 11) is 0. The van der Waals surface area contributed by atoms with Crippen LogP contribution in [-0.4, -0.2) is 14.5 Å². The second-order valence-electron chi connectivity index (χ2n) is 12.2. The molecule has 9 rings (SSSR count). The molecule has 0 fully saturated rings. The van der Waals surface area contributed by atoms with E-state index in [1.165, 1.54) is 46.6 Å². The molecule has 0 spiro atoms. The van der Waals surface area contributed by atoms with Crippen molar-refractivity contribution in [3.05, 3.63) is 199 Å². The molecular formula is C47H35IrN3O-2. The number of pyridine rings is 1. The second kappa shape index (κ2) is 15.6. The standard InChI is InChI=1S/C34H23N2O.C13H12N.Ir/c1-3-9-24(10-4-1)21-25-15-20-33-29(22-25)30(23-37-33)34-35-31-13-7-8-14-32(31)36(34)28-18-16-27(17-19-28)26-11-5-2-6-12-26;1-10-3-6-12(7-4-10)13-8-5-11(2)9-14-13;/h1-20,22H,21H2;3-6,8-9H,1-2H3;/q2*-1;/i;1D3,2D3;. The van der Waals surface area contributed by atoms with Crippen LogP contribution in [0, 0.1) is 26.0 Å². The molecule has 0 aliphatic carbocycles. The molecule has 0 atom stereocenters. The number of benzene rings is 6. The normalized spacial score (nSPS) is 13.0. The Morgan fingerprint density at radius 2 is 1.42 bits per heavy atom. The van der Waals surface area contributed by atoms with E-state index in [4.69, 9.17) is 17.6 Å². The summed E-state index contributed by atoms with van der Waals surface area (Å²) >= 11 is 0. The van der Waals surface area contributed by atoms with Gasteiger partial charge in [0, 0.05) is 52.1 Å². The predicted molar refractivity (Wildman–Crippen MR) is 208 cm³/mol. The van der Waals surface area contributed by atoms with Gasteiger partial charge in [-0.15, -0.1) is 35.4 Å². The third-order valence-electron chi connectivity index (χ3n) is 8.70. The maximum Gasteiger partial charge on any atom is 0.0774 e. The summed E-state index contributed by atoms with van der Waals surface area (Å²) in [5.74, 6) is 0.823. The fraction of sp³-hybridized carbons (Fsp3) is 0.0638. The van der Waals surface area contributed by atoms with Crippen molar-refractivity contribution >= 4 is 22.0 Å². The van der Waals surface area contributed by atoms with Gasteiger partial charge < -0.3 is 14.0 Å². The number of furan rings is 1. The van der Waals surface area contributed by atoms with Crippen LogP contribution in [0.15, 0.2) is 168 Å². The van der Waals surface area contributed by atoms with Crippen LogP contribution in [0.1, 0.15) is 30.5 Å². The molecule has 0 aliphatic rings. The molecule has 5 heteroatoms. The van der Waals surface area contributed by atoms with Crippen molar-refractivity contribution in [2.45, 2.75) is 20.1 Å². The van der Waals surface area contributed by atoms with E-state index >= 15 is 0 Å². The van der Waals surface area contributed by atoms with Gasteiger partial charge in [0.2, 0.25) is 0 Å². The average molecular weight is 856 g/mol. The molecule has 9 aromatic rings. The average Bonchev–Trinajstić information content (AvgIpc) is 3.83. The number of aromatic nitrogens is 3. The first-order chi connectivity index (χ1) is 27.5. The number of rotatable bonds is 6. The van der Waals surface area contributed by atoms with Crippen molar-refractivity contribution in [3.63, 3.8) is 0 Å². The Labute approximate surface area is 326 Å². The fourth-order valence-corrected chi connectivity index (χ4v) is 6.16. The first-order valence-corrected chi connectivity index (χ1v) is 16.6. The minimum atomic E-state index is -2.18. The van der Waals surface area contributed by atoms with E-state index in [1.807, 2.05) is 24.3 Å². The van der Waals surface area contributed by atoms with Gasteiger partial charge in [0.15, 0.2) is 0 Å². The van der Waals surface area contributed by atoms with Crippen molar-refractivity contribution in [1.29, 1.82) is 0 Å². The number of imidazole rings is 1. The van der Waals surface area contributed by atoms with E-state index in [9.17, 15) is 0 Å². The number of hydrogen-bond donors (Lipinski definition) is 0. The fourth-order valence-electron chi connectivity index (χ4n) is 6.16. The minimum absolute atomic E-state index is 0. The van der Waals surface area contributed by atoms with Crippen LogP contribution in [-0.2, 0) is 26.5 Å². The van der Waals surface area contributed by atoms with Crippen molar-refractivity contribution < 1.29 is 32.7 Å². The van der Waals surface area contributed by atoms with E-state index < -0.39 is 13.7 Å². The predicted octanol–water partition coefficient (Wildman–Crippen LogP) is 11.7. The van der Waals surface area contributed by atoms with Crippen LogP contribution in [0.5, 0.6) is 0 Å². The molecule has 0 aliphatic heterocycles. The van der Waals surface area contributed by atoms with Gasteiger partial charge in [0.25, 0.3) is 0 Å². The van der Waals surface area contributed by atoms with Crippen LogP contribution in [0.4, 0.5) is 0 Å². The summed E-state index contributed by atoms with van der Waals surface area (Å²) in [6.45, 7) is -4.34. The summed E-state index contributed by atoms with van der Waals surface area (Å²) in [6.07, 6.45) is 5.33. The molecule has 3 aromatic heterocycles. The Morgan fingerprint density at radius 1 is 0.692 bits per heavy atom. The summed E-state index contributed by atoms with van der Waals surface area (Å²) in [4.78, 5) is 9.12. The summed E-state index contributed by atoms with van der Waals surface area (Å²) in [6, 6.07) is 54.7. The van der Waals surface area contributed by atoms with Crippen LogP contribution < -0.4 is 0 Å². The molecule has 0 amide bonds. The molecule has 6 aromatic carbocycles. The maximum absolute atomic E-state index is 7.28. The summed E-state index contributed by atoms with van der Waals surface area (Å²) < 4.78 is 51.7. The monoisotopic (exact) mass is 856 g/mol. The van der Waals surface area contributed by atoms with Crippen LogP contribution in [0.3, 0.4) is 0 Å². The zero-order valence-corrected chi connectivity index (χ0v) is 30.3. The van der Waals surface area contributed by atoms with Crippen molar-refractivity contribution in [1.82, 2.24) is 14.5 Å². The zero-order valence-electron chi connectivity index (χ0n) is 33.9. The van der Waals surface area contributed by atoms with Crippen LogP contribution in [0.25, 0.3) is 61.5 Å². The van der Waals surface area contributed by atoms with Crippen LogP contribution in [0.2, 0.25) is 0 Å². The van der Waals surface area contributed by atoms with E-state index in [-0.39, 0.29) is 31.2 Å². The van der Waals surface area contributed by atoms with Gasteiger partial charge in [-0.2, -0.15) is 0 Å². The van der Waals surface area contributed by atoms with Gasteiger partial charge in [-0.3, -0.25) is 4.98 Å². The molecule has 0 N–H and O–H groups in total. The molecule has 52 heavy (non-hydrogen) atoms. The molecule has 3 heterocycles. The Hall–Kier alpha value is -5.87. The van der Waals surface area contributed by atoms with E-state index in [2.05, 4.69) is 125 Å². The number of aryl methyl sites for hydroxylation is 2. The third-order valence-corrected chi connectivity index (χ3v) is 8.70. The Kier molecular flexibility index (Phi) is 8.33. The molecule has 255 valence electrons. The topological polar surface area (TPSA) is 43.9 Å². The Morgan fingerprint density at radius 3 is 2.15 bits per heavy atom. The molecule has 0 unspecified atom stereocenters. The molecule has 0 bridgehead atoms. The van der Waals surface area contributed by atoms with Crippen molar-refractivity contribution in [2.24, 2.45) is 0 Å². The van der Waals surface area contributed by atoms with Gasteiger partial charge in [-0.05, 0) is 65.5 Å². The largest absolute Gasteiger partial charge is 0.557 e. The van der Waals surface area contributed by atoms with Crippen molar-refractivity contribution in [3.8, 4) is 39.5 Å². The van der Waals surface area contributed by atoms with Crippen LogP contribution >= 0.6 is 0 Å². The second-order valence-corrected chi connectivity index (χ2v) is 12.2. The summed E-state index contributed by atoms with van der Waals surface area (Å²) in [5.41, 5.74) is 11.1. The number of fused-ring (bicyclic) bond motifs is 2. The molecule has 1 radical (unpaired) electrons. The van der Waals surface area contributed by atoms with Gasteiger partial charge in [0.1, 0.15) is 0 Å². The van der Waals surface area contributed by atoms with E-state index in [0.29, 0.717) is 11.3 Å². The maximum atomic E-state index is 7.28. The molecule has 0 saturated heterocycles. The Bertz CT molecular complexity index is 2710. The first kappa shape index (κ1) is 27.8. The van der Waals surface area contributed by atoms with Gasteiger partial charge in [0.05, 0.1) is 16.9 Å². The quantitative estimate of drug-likeness (QED) is 0.157. The van der Waals surface area contributed by atoms with Crippen molar-refractivity contribution in [2.75, 3.05) is 0 Å². The molecule has 0 saturated carbocycles. The van der Waals surface area contributed by atoms with Gasteiger partial charge >= 0.3 is 0 Å². The van der Waals surface area contributed by atoms with Gasteiger partial charge in [-0.25, -0.2) is 0 Å². The van der Waals surface area contributed by atoms with Gasteiger partial charge in [-0.1, -0.05) is 139 Å². The zero-order chi connectivity index (χ0) is 39.6. The molecular weight excluding hydrogens is 815 g/mol. The molecule has 4 nitrogen and oxygen atoms in total. The SMILES string of the molecule is [2H]C([2H])([2H])c1c[c-]c(-c2ccc(C([2H])([2H])[2H])cn2)cc1.[Ir].[c-]1oc2ccc(Cc3ccccc3)cc2c1-c1nc2ccccc2n1-c1ccc(-c2ccccc2)cc1. The number of para-hydroxylation sites is 2. The minimum Gasteiger partial charge on any atom is -0.557 e. The van der Waals surface area contributed by atoms with E-state index in [0.717, 1.165) is 45.5 Å².